The molecule has 0 aliphatic carbocycles. The van der Waals surface area contributed by atoms with Gasteiger partial charge in [0.1, 0.15) is 23.4 Å². The first kappa shape index (κ1) is 14.6. The smallest absolute Gasteiger partial charge is 0.132 e. The fourth-order valence-corrected chi connectivity index (χ4v) is 1.64. The van der Waals surface area contributed by atoms with Crippen molar-refractivity contribution in [2.45, 2.75) is 12.1 Å². The molecule has 1 aromatic carbocycles. The molecule has 6 heteroatoms. The molecule has 1 aromatic rings. The average molecular weight is 257 g/mol. The van der Waals surface area contributed by atoms with Crippen molar-refractivity contribution in [3.05, 3.63) is 17.7 Å². The number of aliphatic hydroxyl groups is 2. The molecule has 6 nitrogen and oxygen atoms in total. The molecule has 0 radical (unpaired) electrons. The molecule has 0 bridgehead atoms. The van der Waals surface area contributed by atoms with Crippen LogP contribution in [0.4, 0.5) is 0 Å². The molecular weight excluding hydrogens is 238 g/mol. The molecule has 0 spiro atoms. The van der Waals surface area contributed by atoms with Crippen molar-refractivity contribution in [1.29, 1.82) is 0 Å². The maximum atomic E-state index is 10.1. The van der Waals surface area contributed by atoms with E-state index in [0.717, 1.165) is 0 Å². The van der Waals surface area contributed by atoms with Crippen LogP contribution in [0.15, 0.2) is 12.1 Å². The number of hydrogen-bond acceptors (Lipinski definition) is 6. The molecule has 0 saturated heterocycles. The zero-order valence-electron chi connectivity index (χ0n) is 10.7. The summed E-state index contributed by atoms with van der Waals surface area (Å²) in [6, 6.07) is 2.41. The minimum atomic E-state index is -1.09. The Hall–Kier alpha value is -1.50. The third-order valence-corrected chi connectivity index (χ3v) is 2.67. The standard InChI is InChI=1S/C12H19NO5/c1-16-7-4-9(17-2)11(10(5-7)18-3)12(15)8(13)6-14/h4-5,8,12,14-15H,6,13H2,1-3H3. The van der Waals surface area contributed by atoms with Crippen LogP contribution < -0.4 is 19.9 Å². The van der Waals surface area contributed by atoms with Gasteiger partial charge in [-0.3, -0.25) is 0 Å². The van der Waals surface area contributed by atoms with Crippen LogP contribution in [0.3, 0.4) is 0 Å². The van der Waals surface area contributed by atoms with Crippen LogP contribution in [0, 0.1) is 0 Å². The van der Waals surface area contributed by atoms with Gasteiger partial charge in [-0.25, -0.2) is 0 Å². The molecule has 0 amide bonds. The SMILES string of the molecule is COc1cc(OC)c(C(O)C(N)CO)c(OC)c1. The van der Waals surface area contributed by atoms with E-state index < -0.39 is 12.1 Å². The number of methoxy groups -OCH3 is 3. The van der Waals surface area contributed by atoms with Gasteiger partial charge in [-0.15, -0.1) is 0 Å². The van der Waals surface area contributed by atoms with Crippen LogP contribution in [-0.4, -0.2) is 44.2 Å². The number of ether oxygens (including phenoxy) is 3. The third kappa shape index (κ3) is 2.84. The highest BCUT2D eigenvalue weighted by atomic mass is 16.5. The van der Waals surface area contributed by atoms with Gasteiger partial charge in [-0.05, 0) is 0 Å². The topological polar surface area (TPSA) is 94.2 Å². The number of hydrogen-bond donors (Lipinski definition) is 3. The molecule has 0 fully saturated rings. The fraction of sp³-hybridized carbons (Fsp3) is 0.500. The quantitative estimate of drug-likeness (QED) is 0.667. The summed E-state index contributed by atoms with van der Waals surface area (Å²) < 4.78 is 15.5. The van der Waals surface area contributed by atoms with Crippen molar-refractivity contribution >= 4 is 0 Å². The molecular formula is C12H19NO5. The highest BCUT2D eigenvalue weighted by molar-refractivity contribution is 5.52. The lowest BCUT2D eigenvalue weighted by atomic mass is 10.0. The van der Waals surface area contributed by atoms with E-state index in [0.29, 0.717) is 22.8 Å². The van der Waals surface area contributed by atoms with Gasteiger partial charge >= 0.3 is 0 Å². The summed E-state index contributed by atoms with van der Waals surface area (Å²) in [7, 11) is 4.45. The summed E-state index contributed by atoms with van der Waals surface area (Å²) in [6.07, 6.45) is -1.09. The van der Waals surface area contributed by atoms with Crippen LogP contribution in [0.5, 0.6) is 17.2 Å². The van der Waals surface area contributed by atoms with Crippen LogP contribution in [0.2, 0.25) is 0 Å². The number of nitrogens with two attached hydrogens (primary N) is 1. The van der Waals surface area contributed by atoms with E-state index in [4.69, 9.17) is 25.1 Å². The summed E-state index contributed by atoms with van der Waals surface area (Å²) >= 11 is 0. The van der Waals surface area contributed by atoms with Gasteiger partial charge in [0.2, 0.25) is 0 Å². The monoisotopic (exact) mass is 257 g/mol. The summed E-state index contributed by atoms with van der Waals surface area (Å²) in [4.78, 5) is 0. The predicted octanol–water partition coefficient (Wildman–Crippen LogP) is 0.0654. The van der Waals surface area contributed by atoms with E-state index in [1.165, 1.54) is 21.3 Å². The van der Waals surface area contributed by atoms with Crippen molar-refractivity contribution in [1.82, 2.24) is 0 Å². The summed E-state index contributed by atoms with van der Waals surface area (Å²) in [5.74, 6) is 1.32. The van der Waals surface area contributed by atoms with Gasteiger partial charge < -0.3 is 30.2 Å². The Kier molecular flexibility index (Phi) is 5.21. The van der Waals surface area contributed by atoms with Gasteiger partial charge in [-0.2, -0.15) is 0 Å². The molecule has 2 unspecified atom stereocenters. The maximum Gasteiger partial charge on any atom is 0.132 e. The Morgan fingerprint density at radius 2 is 1.61 bits per heavy atom. The first-order valence-corrected chi connectivity index (χ1v) is 5.43. The van der Waals surface area contributed by atoms with E-state index in [9.17, 15) is 5.11 Å². The first-order valence-electron chi connectivity index (χ1n) is 5.43. The second-order valence-electron chi connectivity index (χ2n) is 3.74. The van der Waals surface area contributed by atoms with Crippen LogP contribution >= 0.6 is 0 Å². The lowest BCUT2D eigenvalue weighted by molar-refractivity contribution is 0.104. The largest absolute Gasteiger partial charge is 0.496 e. The van der Waals surface area contributed by atoms with Crippen LogP contribution in [0.25, 0.3) is 0 Å². The number of benzene rings is 1. The lowest BCUT2D eigenvalue weighted by Gasteiger charge is -2.22. The molecule has 2 atom stereocenters. The Morgan fingerprint density at radius 1 is 1.11 bits per heavy atom. The average Bonchev–Trinajstić information content (AvgIpc) is 2.43. The van der Waals surface area contributed by atoms with Gasteiger partial charge in [0.15, 0.2) is 0 Å². The molecule has 0 saturated carbocycles. The molecule has 0 aliphatic rings. The van der Waals surface area contributed by atoms with E-state index in [1.54, 1.807) is 12.1 Å². The molecule has 0 aromatic heterocycles. The second-order valence-corrected chi connectivity index (χ2v) is 3.74. The van der Waals surface area contributed by atoms with Gasteiger partial charge in [0.25, 0.3) is 0 Å². The number of rotatable bonds is 6. The molecule has 0 heterocycles. The maximum absolute atomic E-state index is 10.1. The normalized spacial score (nSPS) is 13.9. The van der Waals surface area contributed by atoms with Crippen LogP contribution in [0.1, 0.15) is 11.7 Å². The van der Waals surface area contributed by atoms with Crippen molar-refractivity contribution in [3.63, 3.8) is 0 Å². The van der Waals surface area contributed by atoms with E-state index in [-0.39, 0.29) is 6.61 Å². The van der Waals surface area contributed by atoms with Crippen molar-refractivity contribution < 1.29 is 24.4 Å². The van der Waals surface area contributed by atoms with E-state index in [1.807, 2.05) is 0 Å². The minimum Gasteiger partial charge on any atom is -0.496 e. The molecule has 1 rings (SSSR count). The second kappa shape index (κ2) is 6.44. The zero-order valence-corrected chi connectivity index (χ0v) is 10.7. The Labute approximate surface area is 106 Å². The predicted molar refractivity (Wildman–Crippen MR) is 66.1 cm³/mol. The van der Waals surface area contributed by atoms with E-state index in [2.05, 4.69) is 0 Å². The fourth-order valence-electron chi connectivity index (χ4n) is 1.64. The summed E-state index contributed by atoms with van der Waals surface area (Å²) in [5, 5.41) is 19.1. The van der Waals surface area contributed by atoms with E-state index >= 15 is 0 Å². The molecule has 4 N–H and O–H groups in total. The summed E-state index contributed by atoms with van der Waals surface area (Å²) in [6.45, 7) is -0.348. The summed E-state index contributed by atoms with van der Waals surface area (Å²) in [5.41, 5.74) is 6.01. The minimum absolute atomic E-state index is 0.348. The van der Waals surface area contributed by atoms with Crippen LogP contribution in [-0.2, 0) is 0 Å². The zero-order chi connectivity index (χ0) is 13.7. The first-order chi connectivity index (χ1) is 8.58. The third-order valence-electron chi connectivity index (χ3n) is 2.67. The highest BCUT2D eigenvalue weighted by Crippen LogP contribution is 2.38. The Balaban J connectivity index is 3.30. The highest BCUT2D eigenvalue weighted by Gasteiger charge is 2.25. The Bertz CT molecular complexity index is 371. The van der Waals surface area contributed by atoms with Gasteiger partial charge in [-0.1, -0.05) is 0 Å². The van der Waals surface area contributed by atoms with Crippen molar-refractivity contribution in [2.75, 3.05) is 27.9 Å². The molecule has 18 heavy (non-hydrogen) atoms. The van der Waals surface area contributed by atoms with Gasteiger partial charge in [0.05, 0.1) is 39.5 Å². The Morgan fingerprint density at radius 3 is 1.94 bits per heavy atom. The lowest BCUT2D eigenvalue weighted by Crippen LogP contribution is -2.32. The molecule has 0 aliphatic heterocycles. The van der Waals surface area contributed by atoms with Crippen molar-refractivity contribution in [3.8, 4) is 17.2 Å². The number of aliphatic hydroxyl groups excluding tert-OH is 2. The van der Waals surface area contributed by atoms with Crippen molar-refractivity contribution in [2.24, 2.45) is 5.73 Å². The van der Waals surface area contributed by atoms with Gasteiger partial charge in [0, 0.05) is 12.1 Å². The molecule has 102 valence electrons.